The highest BCUT2D eigenvalue weighted by molar-refractivity contribution is 6.13. The second-order valence-corrected chi connectivity index (χ2v) is 22.7. The van der Waals surface area contributed by atoms with Gasteiger partial charge in [0.1, 0.15) is 0 Å². The van der Waals surface area contributed by atoms with Crippen LogP contribution in [-0.4, -0.2) is 49.0 Å². The summed E-state index contributed by atoms with van der Waals surface area (Å²) in [5.74, 6) is 2.99. The van der Waals surface area contributed by atoms with Crippen LogP contribution in [0.5, 0.6) is 0 Å². The minimum Gasteiger partial charge on any atom is -0.309 e. The van der Waals surface area contributed by atoms with E-state index in [4.69, 9.17) is 39.9 Å². The normalized spacial score (nSPS) is 11.5. The van der Waals surface area contributed by atoms with Gasteiger partial charge in [-0.25, -0.2) is 39.9 Å². The van der Waals surface area contributed by atoms with Crippen LogP contribution in [0, 0.1) is 0 Å². The highest BCUT2D eigenvalue weighted by Crippen LogP contribution is 2.45. The molecule has 6 aromatic heterocycles. The Balaban J connectivity index is 1.01. The molecule has 11 aromatic carbocycles. The fourth-order valence-corrected chi connectivity index (χ4v) is 12.7. The molecule has 0 aliphatic heterocycles. The molecular formula is C82H52N10. The highest BCUT2D eigenvalue weighted by Gasteiger charge is 2.28. The van der Waals surface area contributed by atoms with Crippen molar-refractivity contribution in [3.63, 3.8) is 0 Å². The van der Waals surface area contributed by atoms with Gasteiger partial charge in [0, 0.05) is 82.9 Å². The lowest BCUT2D eigenvalue weighted by atomic mass is 10.0. The molecule has 17 rings (SSSR count). The number of aromatic nitrogens is 10. The maximum Gasteiger partial charge on any atom is 0.166 e. The first-order chi connectivity index (χ1) is 45.6. The molecule has 0 atom stereocenters. The Morgan fingerprint density at radius 3 is 0.957 bits per heavy atom. The van der Waals surface area contributed by atoms with Crippen molar-refractivity contribution in [2.75, 3.05) is 0 Å². The van der Waals surface area contributed by atoms with Crippen LogP contribution in [0.2, 0.25) is 0 Å². The van der Waals surface area contributed by atoms with Gasteiger partial charge < -0.3 is 9.13 Å². The van der Waals surface area contributed by atoms with Crippen LogP contribution in [0.4, 0.5) is 0 Å². The Morgan fingerprint density at radius 1 is 0.185 bits per heavy atom. The van der Waals surface area contributed by atoms with E-state index in [1.165, 1.54) is 0 Å². The predicted molar refractivity (Wildman–Crippen MR) is 372 cm³/mol. The Labute approximate surface area is 529 Å². The van der Waals surface area contributed by atoms with E-state index in [-0.39, 0.29) is 0 Å². The molecule has 0 bridgehead atoms. The van der Waals surface area contributed by atoms with Crippen molar-refractivity contribution in [1.82, 2.24) is 49.0 Å². The molecule has 92 heavy (non-hydrogen) atoms. The van der Waals surface area contributed by atoms with E-state index in [1.54, 1.807) is 0 Å². The third-order valence-electron chi connectivity index (χ3n) is 17.0. The molecular weight excluding hydrogens is 1120 g/mol. The molecule has 0 aliphatic rings. The van der Waals surface area contributed by atoms with Gasteiger partial charge in [0.2, 0.25) is 0 Å². The third-order valence-corrected chi connectivity index (χ3v) is 17.0. The number of nitrogens with zero attached hydrogens (tertiary/aromatic N) is 10. The van der Waals surface area contributed by atoms with Crippen LogP contribution in [0.1, 0.15) is 0 Å². The molecule has 0 fully saturated rings. The van der Waals surface area contributed by atoms with Crippen LogP contribution >= 0.6 is 0 Å². The highest BCUT2D eigenvalue weighted by atomic mass is 15.1. The first-order valence-corrected chi connectivity index (χ1v) is 30.7. The van der Waals surface area contributed by atoms with Gasteiger partial charge in [-0.3, -0.25) is 0 Å². The van der Waals surface area contributed by atoms with Crippen molar-refractivity contribution in [2.45, 2.75) is 0 Å². The first-order valence-electron chi connectivity index (χ1n) is 30.7. The Bertz CT molecular complexity index is 5360. The molecule has 0 saturated carbocycles. The summed E-state index contributed by atoms with van der Waals surface area (Å²) in [6.07, 6.45) is 0. The fraction of sp³-hybridized carbons (Fsp3) is 0. The Hall–Kier alpha value is -12.7. The zero-order valence-corrected chi connectivity index (χ0v) is 49.5. The van der Waals surface area contributed by atoms with Crippen LogP contribution in [0.3, 0.4) is 0 Å². The SMILES string of the molecule is c1ccc(-c2cccc(-c3ccc4c(c3)c3ccccc3n4-c3c(-c4nc(-c5ccccc5)nc(-c5ccccc5)n4)cc(-n4c5ccccc5c5ccc(-c6cccc(-c7ccccc7)n6)cc54)cc3-c3nc(-c4ccccc4)nc(-c4ccccc4)n3)n2)cc1. The summed E-state index contributed by atoms with van der Waals surface area (Å²) in [6, 6.07) is 109. The van der Waals surface area contributed by atoms with Gasteiger partial charge in [-0.15, -0.1) is 0 Å². The van der Waals surface area contributed by atoms with Crippen molar-refractivity contribution in [3.8, 4) is 125 Å². The van der Waals surface area contributed by atoms with Gasteiger partial charge in [0.15, 0.2) is 34.9 Å². The quantitative estimate of drug-likeness (QED) is 0.119. The average Bonchev–Trinajstić information content (AvgIpc) is 1.52. The van der Waals surface area contributed by atoms with Gasteiger partial charge in [0.05, 0.1) is 50.5 Å². The van der Waals surface area contributed by atoms with Gasteiger partial charge in [-0.1, -0.05) is 249 Å². The van der Waals surface area contributed by atoms with E-state index in [0.717, 1.165) is 122 Å². The van der Waals surface area contributed by atoms with Gasteiger partial charge in [-0.2, -0.15) is 0 Å². The van der Waals surface area contributed by atoms with E-state index in [0.29, 0.717) is 46.1 Å². The van der Waals surface area contributed by atoms with E-state index in [1.807, 2.05) is 158 Å². The second-order valence-electron chi connectivity index (χ2n) is 22.7. The summed E-state index contributed by atoms with van der Waals surface area (Å²) in [7, 11) is 0. The maximum atomic E-state index is 5.60. The number of pyridine rings is 2. The van der Waals surface area contributed by atoms with E-state index in [2.05, 4.69) is 167 Å². The van der Waals surface area contributed by atoms with Crippen molar-refractivity contribution in [2.24, 2.45) is 0 Å². The van der Waals surface area contributed by atoms with Crippen LogP contribution in [-0.2, 0) is 0 Å². The summed E-state index contributed by atoms with van der Waals surface area (Å²) >= 11 is 0. The van der Waals surface area contributed by atoms with Crippen molar-refractivity contribution in [1.29, 1.82) is 0 Å². The summed E-state index contributed by atoms with van der Waals surface area (Å²) in [5.41, 5.74) is 17.8. The van der Waals surface area contributed by atoms with Gasteiger partial charge in [0.25, 0.3) is 0 Å². The minimum absolute atomic E-state index is 0.448. The molecule has 6 heterocycles. The van der Waals surface area contributed by atoms with Crippen LogP contribution in [0.15, 0.2) is 315 Å². The zero-order valence-electron chi connectivity index (χ0n) is 49.5. The smallest absolute Gasteiger partial charge is 0.166 e. The lowest BCUT2D eigenvalue weighted by Gasteiger charge is -2.21. The number of benzene rings is 11. The molecule has 0 spiro atoms. The second kappa shape index (κ2) is 22.8. The molecule has 17 aromatic rings. The minimum atomic E-state index is 0.448. The van der Waals surface area contributed by atoms with Crippen molar-refractivity contribution < 1.29 is 0 Å². The van der Waals surface area contributed by atoms with Crippen LogP contribution in [0.25, 0.3) is 168 Å². The molecule has 0 N–H and O–H groups in total. The third kappa shape index (κ3) is 9.72. The van der Waals surface area contributed by atoms with E-state index < -0.39 is 0 Å². The molecule has 10 nitrogen and oxygen atoms in total. The number of hydrogen-bond acceptors (Lipinski definition) is 8. The molecule has 0 radical (unpaired) electrons. The molecule has 0 amide bonds. The van der Waals surface area contributed by atoms with Crippen LogP contribution < -0.4 is 0 Å². The van der Waals surface area contributed by atoms with E-state index >= 15 is 0 Å². The number of fused-ring (bicyclic) bond motifs is 6. The lowest BCUT2D eigenvalue weighted by molar-refractivity contribution is 1.05. The number of para-hydroxylation sites is 2. The predicted octanol–water partition coefficient (Wildman–Crippen LogP) is 19.7. The monoisotopic (exact) mass is 1180 g/mol. The fourth-order valence-electron chi connectivity index (χ4n) is 12.7. The van der Waals surface area contributed by atoms with Gasteiger partial charge in [-0.05, 0) is 66.7 Å². The lowest BCUT2D eigenvalue weighted by Crippen LogP contribution is -2.09. The molecule has 0 aliphatic carbocycles. The first kappa shape index (κ1) is 53.6. The van der Waals surface area contributed by atoms with E-state index in [9.17, 15) is 0 Å². The molecule has 0 saturated heterocycles. The largest absolute Gasteiger partial charge is 0.309 e. The molecule has 0 unspecified atom stereocenters. The summed E-state index contributed by atoms with van der Waals surface area (Å²) in [6.45, 7) is 0. The van der Waals surface area contributed by atoms with Gasteiger partial charge >= 0.3 is 0 Å². The summed E-state index contributed by atoms with van der Waals surface area (Å²) in [4.78, 5) is 43.5. The summed E-state index contributed by atoms with van der Waals surface area (Å²) in [5, 5.41) is 4.24. The van der Waals surface area contributed by atoms with Crippen molar-refractivity contribution in [3.05, 3.63) is 315 Å². The average molecular weight is 1180 g/mol. The Morgan fingerprint density at radius 2 is 0.511 bits per heavy atom. The standard InChI is InChI=1S/C82H52N10/c1-7-25-53(26-8-1)68-39-23-41-70(83-68)59-46-48-74-65(49-59)63-38-20-22-44-73(63)92(74)76-66(81-87-77(55-29-11-3-12-30-55)85-78(88-81)56-31-13-4-14-32-56)51-61(52-67(76)82-89-79(57-33-15-5-16-34-57)86-80(90-82)58-35-17-6-18-36-58)91-72-43-21-19-37-62(72)64-47-45-60(50-75(64)91)71-42-24-40-69(84-71)54-27-9-2-10-28-54/h1-52H. The Kier molecular flexibility index (Phi) is 13.3. The van der Waals surface area contributed by atoms with Crippen molar-refractivity contribution >= 4 is 43.6 Å². The molecule has 430 valence electrons. The zero-order chi connectivity index (χ0) is 60.9. The number of hydrogen-bond donors (Lipinski definition) is 0. The summed E-state index contributed by atoms with van der Waals surface area (Å²) < 4.78 is 4.71. The topological polar surface area (TPSA) is 113 Å². The molecule has 10 heteroatoms. The maximum absolute atomic E-state index is 5.60. The number of rotatable bonds is 12.